The number of benzene rings is 1. The number of hydrogen-bond donors (Lipinski definition) is 1. The normalized spacial score (nSPS) is 16.4. The Labute approximate surface area is 123 Å². The first-order chi connectivity index (χ1) is 9.83. The first-order valence-electron chi connectivity index (χ1n) is 7.26. The first kappa shape index (κ1) is 13.7. The molecule has 1 saturated carbocycles. The van der Waals surface area contributed by atoms with E-state index in [9.17, 15) is 4.39 Å². The number of halogens is 1. The fraction of sp³-hybridized carbons (Fsp3) is 0.438. The molecule has 1 aromatic heterocycles. The van der Waals surface area contributed by atoms with Gasteiger partial charge in [0.05, 0.1) is 4.88 Å². The van der Waals surface area contributed by atoms with Crippen LogP contribution in [0, 0.1) is 5.82 Å². The molecule has 2 nitrogen and oxygen atoms in total. The van der Waals surface area contributed by atoms with Gasteiger partial charge in [0.1, 0.15) is 10.8 Å². The maximum Gasteiger partial charge on any atom is 0.131 e. The van der Waals surface area contributed by atoms with Crippen LogP contribution in [0.4, 0.5) is 4.39 Å². The van der Waals surface area contributed by atoms with E-state index in [4.69, 9.17) is 0 Å². The maximum atomic E-state index is 13.7. The topological polar surface area (TPSA) is 24.9 Å². The van der Waals surface area contributed by atoms with Crippen LogP contribution in [0.5, 0.6) is 0 Å². The van der Waals surface area contributed by atoms with E-state index in [0.717, 1.165) is 16.4 Å². The van der Waals surface area contributed by atoms with Crippen LogP contribution in [0.15, 0.2) is 30.5 Å². The zero-order valence-corrected chi connectivity index (χ0v) is 12.3. The van der Waals surface area contributed by atoms with Gasteiger partial charge in [0.2, 0.25) is 0 Å². The third-order valence-electron chi connectivity index (χ3n) is 3.84. The van der Waals surface area contributed by atoms with E-state index in [1.165, 1.54) is 38.2 Å². The Hall–Kier alpha value is -1.26. The highest BCUT2D eigenvalue weighted by molar-refractivity contribution is 7.15. The molecule has 0 saturated heterocycles. The Morgan fingerprint density at radius 3 is 2.80 bits per heavy atom. The summed E-state index contributed by atoms with van der Waals surface area (Å²) in [6, 6.07) is 7.50. The Bertz CT molecular complexity index is 561. The van der Waals surface area contributed by atoms with Crippen LogP contribution in [-0.4, -0.2) is 11.0 Å². The molecule has 1 heterocycles. The van der Waals surface area contributed by atoms with Crippen molar-refractivity contribution in [2.75, 3.05) is 0 Å². The van der Waals surface area contributed by atoms with Crippen molar-refractivity contribution < 1.29 is 4.39 Å². The maximum absolute atomic E-state index is 13.7. The monoisotopic (exact) mass is 290 g/mol. The average Bonchev–Trinajstić information content (AvgIpc) is 2.95. The first-order valence-corrected chi connectivity index (χ1v) is 8.07. The molecule has 1 aromatic carbocycles. The van der Waals surface area contributed by atoms with Crippen molar-refractivity contribution in [2.45, 2.75) is 44.7 Å². The van der Waals surface area contributed by atoms with E-state index in [1.807, 2.05) is 6.07 Å². The molecule has 0 unspecified atom stereocenters. The summed E-state index contributed by atoms with van der Waals surface area (Å²) in [5, 5.41) is 4.61. The molecule has 1 fully saturated rings. The van der Waals surface area contributed by atoms with Crippen molar-refractivity contribution in [3.05, 3.63) is 41.3 Å². The number of nitrogens with zero attached hydrogens (tertiary/aromatic N) is 1. The zero-order chi connectivity index (χ0) is 13.8. The molecule has 0 aliphatic heterocycles. The lowest BCUT2D eigenvalue weighted by atomic mass is 9.96. The van der Waals surface area contributed by atoms with Gasteiger partial charge in [-0.15, -0.1) is 11.3 Å². The van der Waals surface area contributed by atoms with E-state index in [0.29, 0.717) is 11.6 Å². The number of aromatic nitrogens is 1. The summed E-state index contributed by atoms with van der Waals surface area (Å²) in [5.41, 5.74) is 0.647. The number of nitrogens with one attached hydrogen (secondary N) is 1. The van der Waals surface area contributed by atoms with Gasteiger partial charge in [0.25, 0.3) is 0 Å². The summed E-state index contributed by atoms with van der Waals surface area (Å²) in [4.78, 5) is 5.31. The van der Waals surface area contributed by atoms with Crippen LogP contribution >= 0.6 is 11.3 Å². The van der Waals surface area contributed by atoms with E-state index < -0.39 is 0 Å². The standard InChI is InChI=1S/C16H19FN2S/c17-14-9-5-4-8-13(14)15-10-19-16(20-15)11-18-12-6-2-1-3-7-12/h4-5,8-10,12,18H,1-3,6-7,11H2. The van der Waals surface area contributed by atoms with Gasteiger partial charge >= 0.3 is 0 Å². The summed E-state index contributed by atoms with van der Waals surface area (Å²) in [6.45, 7) is 0.795. The zero-order valence-electron chi connectivity index (χ0n) is 11.4. The highest BCUT2D eigenvalue weighted by atomic mass is 32.1. The summed E-state index contributed by atoms with van der Waals surface area (Å²) in [6.07, 6.45) is 8.34. The van der Waals surface area contributed by atoms with Crippen LogP contribution in [0.3, 0.4) is 0 Å². The van der Waals surface area contributed by atoms with Gasteiger partial charge in [-0.2, -0.15) is 0 Å². The quantitative estimate of drug-likeness (QED) is 0.904. The summed E-state index contributed by atoms with van der Waals surface area (Å²) in [5.74, 6) is -0.178. The lowest BCUT2D eigenvalue weighted by Crippen LogP contribution is -2.30. The second-order valence-electron chi connectivity index (χ2n) is 5.31. The summed E-state index contributed by atoms with van der Waals surface area (Å²) < 4.78 is 13.7. The van der Waals surface area contributed by atoms with Crippen molar-refractivity contribution in [3.63, 3.8) is 0 Å². The van der Waals surface area contributed by atoms with Crippen LogP contribution in [0.1, 0.15) is 37.1 Å². The van der Waals surface area contributed by atoms with Crippen molar-refractivity contribution in [1.82, 2.24) is 10.3 Å². The van der Waals surface area contributed by atoms with Gasteiger partial charge in [-0.1, -0.05) is 37.5 Å². The molecule has 0 bridgehead atoms. The van der Waals surface area contributed by atoms with Gasteiger partial charge in [0, 0.05) is 24.3 Å². The highest BCUT2D eigenvalue weighted by Crippen LogP contribution is 2.28. The lowest BCUT2D eigenvalue weighted by molar-refractivity contribution is 0.372. The van der Waals surface area contributed by atoms with E-state index in [2.05, 4.69) is 10.3 Å². The Morgan fingerprint density at radius 2 is 2.00 bits per heavy atom. The SMILES string of the molecule is Fc1ccccc1-c1cnc(CNC2CCCCC2)s1. The fourth-order valence-corrected chi connectivity index (χ4v) is 3.61. The molecule has 106 valence electrons. The summed E-state index contributed by atoms with van der Waals surface area (Å²) >= 11 is 1.58. The molecule has 0 radical (unpaired) electrons. The molecule has 0 atom stereocenters. The fourth-order valence-electron chi connectivity index (χ4n) is 2.72. The second kappa shape index (κ2) is 6.46. The predicted octanol–water partition coefficient (Wildman–Crippen LogP) is 4.37. The second-order valence-corrected chi connectivity index (χ2v) is 6.43. The molecular formula is C16H19FN2S. The minimum absolute atomic E-state index is 0.178. The van der Waals surface area contributed by atoms with E-state index in [-0.39, 0.29) is 5.82 Å². The van der Waals surface area contributed by atoms with Gasteiger partial charge in [0.15, 0.2) is 0 Å². The van der Waals surface area contributed by atoms with E-state index >= 15 is 0 Å². The van der Waals surface area contributed by atoms with Crippen LogP contribution in [0.2, 0.25) is 0 Å². The van der Waals surface area contributed by atoms with Gasteiger partial charge < -0.3 is 5.32 Å². The Morgan fingerprint density at radius 1 is 1.20 bits per heavy atom. The minimum Gasteiger partial charge on any atom is -0.308 e. The van der Waals surface area contributed by atoms with Crippen LogP contribution in [-0.2, 0) is 6.54 Å². The van der Waals surface area contributed by atoms with Gasteiger partial charge in [-0.3, -0.25) is 0 Å². The largest absolute Gasteiger partial charge is 0.308 e. The van der Waals surface area contributed by atoms with Gasteiger partial charge in [-0.25, -0.2) is 9.37 Å². The van der Waals surface area contributed by atoms with Crippen LogP contribution < -0.4 is 5.32 Å². The predicted molar refractivity (Wildman–Crippen MR) is 81.2 cm³/mol. The van der Waals surface area contributed by atoms with Crippen molar-refractivity contribution in [3.8, 4) is 10.4 Å². The van der Waals surface area contributed by atoms with Crippen molar-refractivity contribution >= 4 is 11.3 Å². The summed E-state index contributed by atoms with van der Waals surface area (Å²) in [7, 11) is 0. The molecule has 1 N–H and O–H groups in total. The third kappa shape index (κ3) is 3.25. The molecule has 1 aliphatic carbocycles. The lowest BCUT2D eigenvalue weighted by Gasteiger charge is -2.22. The van der Waals surface area contributed by atoms with E-state index in [1.54, 1.807) is 29.7 Å². The number of thiazole rings is 1. The van der Waals surface area contributed by atoms with Crippen LogP contribution in [0.25, 0.3) is 10.4 Å². The Balaban J connectivity index is 1.63. The van der Waals surface area contributed by atoms with Gasteiger partial charge in [-0.05, 0) is 18.9 Å². The highest BCUT2D eigenvalue weighted by Gasteiger charge is 2.14. The Kier molecular flexibility index (Phi) is 4.43. The molecule has 4 heteroatoms. The third-order valence-corrected chi connectivity index (χ3v) is 4.87. The minimum atomic E-state index is -0.178. The smallest absolute Gasteiger partial charge is 0.131 e. The molecule has 0 spiro atoms. The number of hydrogen-bond acceptors (Lipinski definition) is 3. The molecule has 3 rings (SSSR count). The molecule has 20 heavy (non-hydrogen) atoms. The number of rotatable bonds is 4. The molecule has 0 amide bonds. The molecule has 2 aromatic rings. The molecule has 1 aliphatic rings. The van der Waals surface area contributed by atoms with Crippen molar-refractivity contribution in [1.29, 1.82) is 0 Å². The molecular weight excluding hydrogens is 271 g/mol. The van der Waals surface area contributed by atoms with Crippen molar-refractivity contribution in [2.24, 2.45) is 0 Å². The average molecular weight is 290 g/mol.